The molecule has 0 saturated carbocycles. The van der Waals surface area contributed by atoms with Crippen LogP contribution in [0.4, 0.5) is 4.79 Å². The number of allylic oxidation sites excluding steroid dienone is 1. The Morgan fingerprint density at radius 2 is 1.85 bits per heavy atom. The van der Waals surface area contributed by atoms with E-state index in [-0.39, 0.29) is 23.7 Å². The molecule has 1 amide bonds. The molecule has 40 heavy (non-hydrogen) atoms. The molecule has 216 valence electrons. The van der Waals surface area contributed by atoms with Gasteiger partial charge in [-0.3, -0.25) is 0 Å². The van der Waals surface area contributed by atoms with Crippen LogP contribution in [0.3, 0.4) is 0 Å². The zero-order chi connectivity index (χ0) is 29.2. The summed E-state index contributed by atoms with van der Waals surface area (Å²) in [7, 11) is -0.745. The summed E-state index contributed by atoms with van der Waals surface area (Å²) in [4.78, 5) is 26.3. The normalized spacial score (nSPS) is 16.5. The Morgan fingerprint density at radius 3 is 2.45 bits per heavy atom. The van der Waals surface area contributed by atoms with Gasteiger partial charge in [-0.05, 0) is 67.9 Å². The third kappa shape index (κ3) is 6.07. The molecule has 1 N–H and O–H groups in total. The molecule has 2 atom stereocenters. The number of nitrogens with one attached hydrogen (secondary N) is 1. The number of cyclic esters (lactones) is 1. The van der Waals surface area contributed by atoms with Crippen LogP contribution in [0.5, 0.6) is 11.5 Å². The Kier molecular flexibility index (Phi) is 8.68. The number of ether oxygens (including phenoxy) is 3. The van der Waals surface area contributed by atoms with E-state index in [9.17, 15) is 9.59 Å². The van der Waals surface area contributed by atoms with Crippen molar-refractivity contribution >= 4 is 20.4 Å². The Morgan fingerprint density at radius 1 is 1.15 bits per heavy atom. The van der Waals surface area contributed by atoms with Crippen LogP contribution in [0.25, 0.3) is 0 Å². The maximum atomic E-state index is 13.2. The monoisotopic (exact) mass is 565 g/mol. The summed E-state index contributed by atoms with van der Waals surface area (Å²) in [5.74, 6) is 0.774. The van der Waals surface area contributed by atoms with Gasteiger partial charge in [0.15, 0.2) is 0 Å². The van der Waals surface area contributed by atoms with Crippen molar-refractivity contribution in [1.29, 1.82) is 0 Å². The maximum absolute atomic E-state index is 13.2. The molecule has 0 saturated heterocycles. The van der Waals surface area contributed by atoms with Crippen molar-refractivity contribution < 1.29 is 28.2 Å². The standard InChI is InChI=1S/C32H43NO6Si/c1-20-25-19-37-30(34)27(25)29(39-40(7,8)32(3,4)5)24(28(20)36-6)18-26(23-16-12-13-17-23)38-31(35)33-21(2)22-14-10-9-11-15-22/h9-11,14-16,21,26H,12-13,17-19H2,1-8H3,(H,33,35)/t21-,26+/m1/s1. The molecule has 0 radical (unpaired) electrons. The van der Waals surface area contributed by atoms with Crippen LogP contribution in [-0.2, 0) is 22.5 Å². The predicted molar refractivity (Wildman–Crippen MR) is 159 cm³/mol. The Balaban J connectivity index is 1.74. The summed E-state index contributed by atoms with van der Waals surface area (Å²) < 4.78 is 24.5. The van der Waals surface area contributed by atoms with Crippen LogP contribution in [0, 0.1) is 6.92 Å². The fraction of sp³-hybridized carbons (Fsp3) is 0.500. The van der Waals surface area contributed by atoms with Gasteiger partial charge in [0.1, 0.15) is 29.8 Å². The summed E-state index contributed by atoms with van der Waals surface area (Å²) in [6.07, 6.45) is 4.27. The van der Waals surface area contributed by atoms with Crippen molar-refractivity contribution in [2.45, 2.75) is 97.2 Å². The molecule has 2 aromatic carbocycles. The Labute approximate surface area is 239 Å². The number of methoxy groups -OCH3 is 1. The molecule has 0 aromatic heterocycles. The van der Waals surface area contributed by atoms with Gasteiger partial charge < -0.3 is 24.0 Å². The number of alkyl carbamates (subject to hydrolysis) is 1. The molecular formula is C32H43NO6Si. The quantitative estimate of drug-likeness (QED) is 0.192. The van der Waals surface area contributed by atoms with E-state index in [0.29, 0.717) is 23.5 Å². The van der Waals surface area contributed by atoms with Crippen molar-refractivity contribution in [3.05, 3.63) is 69.8 Å². The first-order valence-corrected chi connectivity index (χ1v) is 17.0. The fourth-order valence-electron chi connectivity index (χ4n) is 5.12. The van der Waals surface area contributed by atoms with Crippen molar-refractivity contribution in [3.8, 4) is 11.5 Å². The Bertz CT molecular complexity index is 1290. The smallest absolute Gasteiger partial charge is 0.408 e. The van der Waals surface area contributed by atoms with Gasteiger partial charge >= 0.3 is 12.1 Å². The highest BCUT2D eigenvalue weighted by atomic mass is 28.4. The van der Waals surface area contributed by atoms with E-state index in [1.807, 2.05) is 44.2 Å². The number of rotatable bonds is 9. The first-order chi connectivity index (χ1) is 18.8. The molecule has 0 unspecified atom stereocenters. The average molecular weight is 566 g/mol. The van der Waals surface area contributed by atoms with Crippen LogP contribution in [0.15, 0.2) is 42.0 Å². The topological polar surface area (TPSA) is 83.1 Å². The molecule has 0 bridgehead atoms. The van der Waals surface area contributed by atoms with Gasteiger partial charge in [-0.15, -0.1) is 0 Å². The van der Waals surface area contributed by atoms with Gasteiger partial charge in [0, 0.05) is 17.5 Å². The van der Waals surface area contributed by atoms with Gasteiger partial charge in [0.25, 0.3) is 8.32 Å². The molecule has 0 spiro atoms. The largest absolute Gasteiger partial charge is 0.543 e. The van der Waals surface area contributed by atoms with Gasteiger partial charge in [-0.25, -0.2) is 9.59 Å². The van der Waals surface area contributed by atoms with Crippen LogP contribution in [0.1, 0.15) is 85.6 Å². The molecule has 1 aliphatic carbocycles. The number of hydrogen-bond acceptors (Lipinski definition) is 6. The van der Waals surface area contributed by atoms with E-state index in [2.05, 4.69) is 45.3 Å². The van der Waals surface area contributed by atoms with E-state index in [1.165, 1.54) is 0 Å². The van der Waals surface area contributed by atoms with Crippen molar-refractivity contribution in [2.75, 3.05) is 7.11 Å². The molecule has 4 rings (SSSR count). The fourth-order valence-corrected chi connectivity index (χ4v) is 6.16. The minimum absolute atomic E-state index is 0.102. The molecule has 2 aliphatic rings. The van der Waals surface area contributed by atoms with Crippen LogP contribution >= 0.6 is 0 Å². The van der Waals surface area contributed by atoms with Crippen LogP contribution in [0.2, 0.25) is 18.1 Å². The second-order valence-electron chi connectivity index (χ2n) is 12.3. The lowest BCUT2D eigenvalue weighted by Gasteiger charge is -2.38. The number of carbonyl (C=O) groups excluding carboxylic acids is 2. The molecule has 2 aromatic rings. The van der Waals surface area contributed by atoms with Gasteiger partial charge in [-0.1, -0.05) is 57.2 Å². The number of amides is 1. The van der Waals surface area contributed by atoms with Crippen LogP contribution < -0.4 is 14.5 Å². The van der Waals surface area contributed by atoms with Gasteiger partial charge in [-0.2, -0.15) is 0 Å². The molecular weight excluding hydrogens is 522 g/mol. The third-order valence-electron chi connectivity index (χ3n) is 8.55. The minimum atomic E-state index is -2.37. The highest BCUT2D eigenvalue weighted by Crippen LogP contribution is 2.47. The van der Waals surface area contributed by atoms with Gasteiger partial charge in [0.05, 0.1) is 13.2 Å². The summed E-state index contributed by atoms with van der Waals surface area (Å²) in [6, 6.07) is 9.58. The van der Waals surface area contributed by atoms with Gasteiger partial charge in [0.2, 0.25) is 0 Å². The second kappa shape index (κ2) is 11.7. The van der Waals surface area contributed by atoms with Crippen LogP contribution in [-0.4, -0.2) is 33.6 Å². The molecule has 1 heterocycles. The number of fused-ring (bicyclic) bond motifs is 1. The lowest BCUT2D eigenvalue weighted by atomic mass is 9.92. The lowest BCUT2D eigenvalue weighted by molar-refractivity contribution is 0.0533. The predicted octanol–water partition coefficient (Wildman–Crippen LogP) is 7.57. The minimum Gasteiger partial charge on any atom is -0.543 e. The van der Waals surface area contributed by atoms with Crippen molar-refractivity contribution in [1.82, 2.24) is 5.32 Å². The highest BCUT2D eigenvalue weighted by molar-refractivity contribution is 6.74. The number of esters is 1. The van der Waals surface area contributed by atoms with E-state index in [1.54, 1.807) is 7.11 Å². The lowest BCUT2D eigenvalue weighted by Crippen LogP contribution is -2.44. The number of benzene rings is 2. The maximum Gasteiger partial charge on any atom is 0.408 e. The SMILES string of the molecule is COc1c(C)c2c(c(O[Si](C)(C)C(C)(C)C)c1C[C@H](OC(=O)N[C@H](C)c1ccccc1)C1=CCCC1)C(=O)OC2. The summed E-state index contributed by atoms with van der Waals surface area (Å²) in [5.41, 5.74) is 4.93. The van der Waals surface area contributed by atoms with E-state index < -0.39 is 20.5 Å². The Hall–Kier alpha value is -3.26. The first kappa shape index (κ1) is 29.7. The van der Waals surface area contributed by atoms with Crippen molar-refractivity contribution in [2.24, 2.45) is 0 Å². The van der Waals surface area contributed by atoms with E-state index in [4.69, 9.17) is 18.6 Å². The zero-order valence-corrected chi connectivity index (χ0v) is 26.1. The molecule has 7 nitrogen and oxygen atoms in total. The van der Waals surface area contributed by atoms with E-state index in [0.717, 1.165) is 47.1 Å². The molecule has 0 fully saturated rings. The first-order valence-electron chi connectivity index (χ1n) is 14.1. The number of hydrogen-bond donors (Lipinski definition) is 1. The van der Waals surface area contributed by atoms with E-state index >= 15 is 0 Å². The van der Waals surface area contributed by atoms with Crippen molar-refractivity contribution in [3.63, 3.8) is 0 Å². The summed E-state index contributed by atoms with van der Waals surface area (Å²) >= 11 is 0. The summed E-state index contributed by atoms with van der Waals surface area (Å²) in [5, 5.41) is 2.88. The zero-order valence-electron chi connectivity index (χ0n) is 25.1. The molecule has 1 aliphatic heterocycles. The highest BCUT2D eigenvalue weighted by Gasteiger charge is 2.43. The average Bonchev–Trinajstić information content (AvgIpc) is 3.56. The summed E-state index contributed by atoms with van der Waals surface area (Å²) in [6.45, 7) is 14.9. The third-order valence-corrected chi connectivity index (χ3v) is 12.9. The second-order valence-corrected chi connectivity index (χ2v) is 17.0. The molecule has 8 heteroatoms. The number of carbonyl (C=O) groups is 2.